The van der Waals surface area contributed by atoms with Gasteiger partial charge < -0.3 is 15.7 Å². The van der Waals surface area contributed by atoms with E-state index in [1.807, 2.05) is 43.3 Å². The summed E-state index contributed by atoms with van der Waals surface area (Å²) in [6, 6.07) is 16.5. The summed E-state index contributed by atoms with van der Waals surface area (Å²) in [5, 5.41) is 16.5. The SMILES string of the molecule is CCNC(=NCC(O)Cc1ccccc1)NCCc1cccc(F)c1.I. The molecule has 0 aliphatic rings. The molecule has 0 fully saturated rings. The summed E-state index contributed by atoms with van der Waals surface area (Å²) in [7, 11) is 0. The van der Waals surface area contributed by atoms with Gasteiger partial charge in [-0.1, -0.05) is 42.5 Å². The molecule has 0 radical (unpaired) electrons. The van der Waals surface area contributed by atoms with Gasteiger partial charge in [0.05, 0.1) is 12.6 Å². The van der Waals surface area contributed by atoms with Crippen LogP contribution >= 0.6 is 24.0 Å². The molecule has 2 aromatic rings. The number of aliphatic imine (C=N–C) groups is 1. The van der Waals surface area contributed by atoms with Crippen molar-refractivity contribution in [2.24, 2.45) is 4.99 Å². The fourth-order valence-corrected chi connectivity index (χ4v) is 2.51. The Labute approximate surface area is 172 Å². The van der Waals surface area contributed by atoms with Crippen molar-refractivity contribution in [3.05, 3.63) is 71.5 Å². The summed E-state index contributed by atoms with van der Waals surface area (Å²) in [5.41, 5.74) is 2.03. The average molecular weight is 471 g/mol. The Kier molecular flexibility index (Phi) is 10.9. The lowest BCUT2D eigenvalue weighted by atomic mass is 10.1. The highest BCUT2D eigenvalue weighted by atomic mass is 127. The minimum atomic E-state index is -0.527. The van der Waals surface area contributed by atoms with Crippen molar-refractivity contribution in [1.29, 1.82) is 0 Å². The Hall–Kier alpha value is -1.67. The predicted molar refractivity (Wildman–Crippen MR) is 116 cm³/mol. The monoisotopic (exact) mass is 471 g/mol. The zero-order chi connectivity index (χ0) is 17.9. The van der Waals surface area contributed by atoms with Gasteiger partial charge in [0, 0.05) is 19.5 Å². The van der Waals surface area contributed by atoms with Gasteiger partial charge in [0.15, 0.2) is 5.96 Å². The Bertz CT molecular complexity index is 667. The number of nitrogens with one attached hydrogen (secondary N) is 2. The maximum atomic E-state index is 13.2. The number of hydrogen-bond acceptors (Lipinski definition) is 2. The van der Waals surface area contributed by atoms with Gasteiger partial charge >= 0.3 is 0 Å². The number of aliphatic hydroxyl groups excluding tert-OH is 1. The van der Waals surface area contributed by atoms with E-state index in [1.54, 1.807) is 6.07 Å². The van der Waals surface area contributed by atoms with Crippen LogP contribution in [0.2, 0.25) is 0 Å². The molecular formula is C20H27FIN3O. The molecule has 0 saturated heterocycles. The molecule has 0 aliphatic carbocycles. The number of halogens is 2. The summed E-state index contributed by atoms with van der Waals surface area (Å²) >= 11 is 0. The first-order valence-corrected chi connectivity index (χ1v) is 8.66. The predicted octanol–water partition coefficient (Wildman–Crippen LogP) is 3.14. The lowest BCUT2D eigenvalue weighted by Crippen LogP contribution is -2.39. The van der Waals surface area contributed by atoms with Crippen LogP contribution in [0.15, 0.2) is 59.6 Å². The zero-order valence-corrected chi connectivity index (χ0v) is 17.3. The van der Waals surface area contributed by atoms with Crippen molar-refractivity contribution in [3.63, 3.8) is 0 Å². The highest BCUT2D eigenvalue weighted by Crippen LogP contribution is 2.04. The second-order valence-electron chi connectivity index (χ2n) is 5.87. The molecule has 2 aromatic carbocycles. The number of hydrogen-bond donors (Lipinski definition) is 3. The van der Waals surface area contributed by atoms with Crippen LogP contribution < -0.4 is 10.6 Å². The van der Waals surface area contributed by atoms with Crippen LogP contribution in [-0.4, -0.2) is 36.8 Å². The smallest absolute Gasteiger partial charge is 0.191 e. The van der Waals surface area contributed by atoms with E-state index in [1.165, 1.54) is 12.1 Å². The van der Waals surface area contributed by atoms with Crippen LogP contribution in [0.3, 0.4) is 0 Å². The summed E-state index contributed by atoms with van der Waals surface area (Å²) in [6.07, 6.45) is 0.753. The topological polar surface area (TPSA) is 56.7 Å². The lowest BCUT2D eigenvalue weighted by Gasteiger charge is -2.13. The first-order valence-electron chi connectivity index (χ1n) is 8.66. The molecular weight excluding hydrogens is 444 g/mol. The number of nitrogens with zero attached hydrogens (tertiary/aromatic N) is 1. The second-order valence-corrected chi connectivity index (χ2v) is 5.87. The van der Waals surface area contributed by atoms with Crippen molar-refractivity contribution in [1.82, 2.24) is 10.6 Å². The molecule has 0 aliphatic heterocycles. The largest absolute Gasteiger partial charge is 0.391 e. The molecule has 4 nitrogen and oxygen atoms in total. The van der Waals surface area contributed by atoms with Crippen molar-refractivity contribution < 1.29 is 9.50 Å². The van der Waals surface area contributed by atoms with Crippen LogP contribution in [0.25, 0.3) is 0 Å². The maximum absolute atomic E-state index is 13.2. The molecule has 3 N–H and O–H groups in total. The van der Waals surface area contributed by atoms with Crippen molar-refractivity contribution in [2.45, 2.75) is 25.9 Å². The second kappa shape index (κ2) is 12.6. The lowest BCUT2D eigenvalue weighted by molar-refractivity contribution is 0.183. The van der Waals surface area contributed by atoms with Gasteiger partial charge in [-0.2, -0.15) is 0 Å². The third kappa shape index (κ3) is 8.62. The van der Waals surface area contributed by atoms with E-state index in [-0.39, 0.29) is 29.8 Å². The Morgan fingerprint density at radius 3 is 2.50 bits per heavy atom. The number of benzene rings is 2. The van der Waals surface area contributed by atoms with Gasteiger partial charge in [-0.05, 0) is 36.6 Å². The van der Waals surface area contributed by atoms with Crippen LogP contribution in [0, 0.1) is 5.82 Å². The quantitative estimate of drug-likeness (QED) is 0.315. The molecule has 1 unspecified atom stereocenters. The molecule has 0 bridgehead atoms. The molecule has 0 aromatic heterocycles. The van der Waals surface area contributed by atoms with E-state index in [0.29, 0.717) is 31.9 Å². The van der Waals surface area contributed by atoms with Gasteiger partial charge in [-0.25, -0.2) is 4.39 Å². The van der Waals surface area contributed by atoms with Gasteiger partial charge in [-0.3, -0.25) is 4.99 Å². The Morgan fingerprint density at radius 2 is 1.81 bits per heavy atom. The van der Waals surface area contributed by atoms with Crippen molar-refractivity contribution in [2.75, 3.05) is 19.6 Å². The summed E-state index contributed by atoms with van der Waals surface area (Å²) in [4.78, 5) is 4.43. The summed E-state index contributed by atoms with van der Waals surface area (Å²) in [5.74, 6) is 0.438. The van der Waals surface area contributed by atoms with Gasteiger partial charge in [0.25, 0.3) is 0 Å². The molecule has 26 heavy (non-hydrogen) atoms. The van der Waals surface area contributed by atoms with Crippen molar-refractivity contribution >= 4 is 29.9 Å². The van der Waals surface area contributed by atoms with E-state index in [9.17, 15) is 9.50 Å². The Morgan fingerprint density at radius 1 is 1.08 bits per heavy atom. The maximum Gasteiger partial charge on any atom is 0.191 e. The Balaban J connectivity index is 0.00000338. The summed E-state index contributed by atoms with van der Waals surface area (Å²) < 4.78 is 13.2. The zero-order valence-electron chi connectivity index (χ0n) is 15.0. The normalized spacial score (nSPS) is 12.2. The molecule has 1 atom stereocenters. The minimum absolute atomic E-state index is 0. The molecule has 142 valence electrons. The fourth-order valence-electron chi connectivity index (χ4n) is 2.51. The molecule has 6 heteroatoms. The third-order valence-electron chi connectivity index (χ3n) is 3.71. The highest BCUT2D eigenvalue weighted by Gasteiger charge is 2.06. The van der Waals surface area contributed by atoms with Gasteiger partial charge in [0.2, 0.25) is 0 Å². The van der Waals surface area contributed by atoms with Crippen LogP contribution in [-0.2, 0) is 12.8 Å². The third-order valence-corrected chi connectivity index (χ3v) is 3.71. The van der Waals surface area contributed by atoms with Crippen LogP contribution in [0.1, 0.15) is 18.1 Å². The van der Waals surface area contributed by atoms with Crippen LogP contribution in [0.4, 0.5) is 4.39 Å². The average Bonchev–Trinajstić information content (AvgIpc) is 2.60. The highest BCUT2D eigenvalue weighted by molar-refractivity contribution is 14.0. The van der Waals surface area contributed by atoms with E-state index < -0.39 is 6.10 Å². The first-order chi connectivity index (χ1) is 12.2. The van der Waals surface area contributed by atoms with E-state index in [0.717, 1.165) is 17.7 Å². The molecule has 0 saturated carbocycles. The molecule has 2 rings (SSSR count). The molecule has 0 amide bonds. The van der Waals surface area contributed by atoms with Crippen molar-refractivity contribution in [3.8, 4) is 0 Å². The fraction of sp³-hybridized carbons (Fsp3) is 0.350. The number of aliphatic hydroxyl groups is 1. The van der Waals surface area contributed by atoms with Gasteiger partial charge in [0.1, 0.15) is 5.82 Å². The number of guanidine groups is 1. The molecule has 0 heterocycles. The van der Waals surface area contributed by atoms with Crippen LogP contribution in [0.5, 0.6) is 0 Å². The minimum Gasteiger partial charge on any atom is -0.391 e. The van der Waals surface area contributed by atoms with E-state index >= 15 is 0 Å². The standard InChI is InChI=1S/C20H26FN3O.HI/c1-2-22-20(23-12-11-17-9-6-10-18(21)13-17)24-15-19(25)14-16-7-4-3-5-8-16;/h3-10,13,19,25H,2,11-12,14-15H2,1H3,(H2,22,23,24);1H. The van der Waals surface area contributed by atoms with E-state index in [2.05, 4.69) is 15.6 Å². The van der Waals surface area contributed by atoms with E-state index in [4.69, 9.17) is 0 Å². The number of rotatable bonds is 8. The van der Waals surface area contributed by atoms with Gasteiger partial charge in [-0.15, -0.1) is 24.0 Å². The summed E-state index contributed by atoms with van der Waals surface area (Å²) in [6.45, 7) is 3.69. The first kappa shape index (κ1) is 22.4. The molecule has 0 spiro atoms.